The minimum absolute atomic E-state index is 0.00515. The third kappa shape index (κ3) is 3.11. The van der Waals surface area contributed by atoms with E-state index in [0.29, 0.717) is 0 Å². The first-order chi connectivity index (χ1) is 9.91. The number of aromatic nitrogens is 1. The molecular formula is C12H8BrClN4O3. The summed E-state index contributed by atoms with van der Waals surface area (Å²) in [5, 5.41) is 18.3. The molecule has 0 saturated heterocycles. The quantitative estimate of drug-likeness (QED) is 0.369. The molecular weight excluding hydrogens is 364 g/mol. The molecule has 2 aromatic rings. The van der Waals surface area contributed by atoms with Gasteiger partial charge < -0.3 is 10.5 Å². The number of nitrogens with one attached hydrogen (secondary N) is 1. The minimum Gasteiger partial charge on any atom is -0.436 e. The first kappa shape index (κ1) is 15.2. The molecule has 0 aliphatic rings. The monoisotopic (exact) mass is 370 g/mol. The number of pyridine rings is 1. The van der Waals surface area contributed by atoms with Crippen LogP contribution in [0.3, 0.4) is 0 Å². The molecule has 21 heavy (non-hydrogen) atoms. The van der Waals surface area contributed by atoms with Crippen LogP contribution in [-0.4, -0.2) is 15.7 Å². The number of ether oxygens (including phenoxy) is 1. The minimum atomic E-state index is -0.544. The standard InChI is InChI=1S/C12H8BrClN4O3/c13-9-7(18(19)20)2-1-3-8(9)21-12-10(14)6(11(15)16)4-5-17-12/h1-5H,(H3,15,16). The Bertz CT molecular complexity index is 677. The molecule has 1 heterocycles. The highest BCUT2D eigenvalue weighted by Crippen LogP contribution is 2.38. The van der Waals surface area contributed by atoms with Crippen LogP contribution in [0.4, 0.5) is 5.69 Å². The van der Waals surface area contributed by atoms with Gasteiger partial charge in [0.25, 0.3) is 5.69 Å². The zero-order chi connectivity index (χ0) is 15.6. The van der Waals surface area contributed by atoms with Gasteiger partial charge in [-0.25, -0.2) is 4.98 Å². The number of nitrogens with zero attached hydrogens (tertiary/aromatic N) is 2. The molecule has 0 radical (unpaired) electrons. The molecule has 7 nitrogen and oxygen atoms in total. The van der Waals surface area contributed by atoms with Crippen LogP contribution >= 0.6 is 27.5 Å². The summed E-state index contributed by atoms with van der Waals surface area (Å²) in [5.74, 6) is -0.0461. The molecule has 0 saturated carbocycles. The molecule has 0 amide bonds. The second-order valence-electron chi connectivity index (χ2n) is 3.84. The van der Waals surface area contributed by atoms with Gasteiger partial charge >= 0.3 is 0 Å². The van der Waals surface area contributed by atoms with Gasteiger partial charge in [-0.15, -0.1) is 0 Å². The van der Waals surface area contributed by atoms with Crippen LogP contribution in [0.1, 0.15) is 5.56 Å². The number of nitrogens with two attached hydrogens (primary N) is 1. The zero-order valence-electron chi connectivity index (χ0n) is 10.3. The number of rotatable bonds is 4. The van der Waals surface area contributed by atoms with Crippen molar-refractivity contribution < 1.29 is 9.66 Å². The van der Waals surface area contributed by atoms with Crippen LogP contribution in [-0.2, 0) is 0 Å². The van der Waals surface area contributed by atoms with Crippen LogP contribution < -0.4 is 10.5 Å². The Hall–Kier alpha value is -2.19. The molecule has 0 atom stereocenters. The van der Waals surface area contributed by atoms with Crippen LogP contribution in [0, 0.1) is 15.5 Å². The molecule has 0 aliphatic heterocycles. The second kappa shape index (κ2) is 6.06. The summed E-state index contributed by atoms with van der Waals surface area (Å²) in [6.45, 7) is 0. The molecule has 0 aliphatic carbocycles. The van der Waals surface area contributed by atoms with Gasteiger partial charge in [0, 0.05) is 17.8 Å². The van der Waals surface area contributed by atoms with Crippen molar-refractivity contribution in [3.05, 3.63) is 55.6 Å². The van der Waals surface area contributed by atoms with Crippen molar-refractivity contribution >= 4 is 39.1 Å². The van der Waals surface area contributed by atoms with Crippen molar-refractivity contribution in [2.75, 3.05) is 0 Å². The van der Waals surface area contributed by atoms with Gasteiger partial charge in [-0.05, 0) is 28.1 Å². The summed E-state index contributed by atoms with van der Waals surface area (Å²) >= 11 is 9.16. The smallest absolute Gasteiger partial charge is 0.287 e. The van der Waals surface area contributed by atoms with Gasteiger partial charge in [-0.1, -0.05) is 17.7 Å². The van der Waals surface area contributed by atoms with Gasteiger partial charge in [0.1, 0.15) is 15.3 Å². The Morgan fingerprint density at radius 3 is 2.81 bits per heavy atom. The largest absolute Gasteiger partial charge is 0.436 e. The van der Waals surface area contributed by atoms with Gasteiger partial charge in [0.05, 0.1) is 4.92 Å². The number of nitrogen functional groups attached to an aromatic ring is 1. The average molecular weight is 372 g/mol. The van der Waals surface area contributed by atoms with Crippen LogP contribution in [0.2, 0.25) is 5.02 Å². The zero-order valence-corrected chi connectivity index (χ0v) is 12.7. The number of halogens is 2. The van der Waals surface area contributed by atoms with E-state index in [-0.39, 0.29) is 38.2 Å². The van der Waals surface area contributed by atoms with Crippen LogP contribution in [0.25, 0.3) is 0 Å². The van der Waals surface area contributed by atoms with Crippen molar-refractivity contribution in [3.8, 4) is 11.6 Å². The van der Waals surface area contributed by atoms with E-state index in [9.17, 15) is 10.1 Å². The van der Waals surface area contributed by atoms with E-state index in [0.717, 1.165) is 0 Å². The predicted molar refractivity (Wildman–Crippen MR) is 81.1 cm³/mol. The van der Waals surface area contributed by atoms with Crippen molar-refractivity contribution in [1.82, 2.24) is 4.98 Å². The van der Waals surface area contributed by atoms with E-state index in [2.05, 4.69) is 20.9 Å². The maximum atomic E-state index is 10.9. The lowest BCUT2D eigenvalue weighted by Crippen LogP contribution is -2.12. The summed E-state index contributed by atoms with van der Waals surface area (Å²) in [7, 11) is 0. The number of amidine groups is 1. The molecule has 2 rings (SSSR count). The number of benzene rings is 1. The maximum Gasteiger partial charge on any atom is 0.287 e. The third-order valence-corrected chi connectivity index (χ3v) is 3.66. The summed E-state index contributed by atoms with van der Waals surface area (Å²) < 4.78 is 5.64. The first-order valence-electron chi connectivity index (χ1n) is 5.51. The Morgan fingerprint density at radius 1 is 1.48 bits per heavy atom. The van der Waals surface area contributed by atoms with E-state index in [4.69, 9.17) is 27.5 Å². The van der Waals surface area contributed by atoms with Crippen molar-refractivity contribution in [3.63, 3.8) is 0 Å². The molecule has 9 heteroatoms. The summed E-state index contributed by atoms with van der Waals surface area (Å²) in [4.78, 5) is 14.3. The molecule has 108 valence electrons. The fraction of sp³-hybridized carbons (Fsp3) is 0. The lowest BCUT2D eigenvalue weighted by atomic mass is 10.2. The van der Waals surface area contributed by atoms with Gasteiger partial charge in [0.2, 0.25) is 5.88 Å². The lowest BCUT2D eigenvalue weighted by molar-refractivity contribution is -0.385. The van der Waals surface area contributed by atoms with E-state index in [1.165, 1.54) is 30.5 Å². The van der Waals surface area contributed by atoms with Gasteiger partial charge in [0.15, 0.2) is 5.75 Å². The van der Waals surface area contributed by atoms with E-state index >= 15 is 0 Å². The number of hydrogen-bond acceptors (Lipinski definition) is 5. The summed E-state index contributed by atoms with van der Waals surface area (Å²) in [6.07, 6.45) is 1.38. The predicted octanol–water partition coefficient (Wildman–Crippen LogP) is 3.48. The van der Waals surface area contributed by atoms with Crippen LogP contribution in [0.15, 0.2) is 34.9 Å². The van der Waals surface area contributed by atoms with Crippen molar-refractivity contribution in [2.45, 2.75) is 0 Å². The highest BCUT2D eigenvalue weighted by molar-refractivity contribution is 9.10. The fourth-order valence-electron chi connectivity index (χ4n) is 1.53. The van der Waals surface area contributed by atoms with Crippen molar-refractivity contribution in [1.29, 1.82) is 5.41 Å². The molecule has 3 N–H and O–H groups in total. The summed E-state index contributed by atoms with van der Waals surface area (Å²) in [6, 6.07) is 5.80. The molecule has 0 bridgehead atoms. The van der Waals surface area contributed by atoms with Crippen molar-refractivity contribution in [2.24, 2.45) is 5.73 Å². The Labute approximate surface area is 132 Å². The second-order valence-corrected chi connectivity index (χ2v) is 5.01. The first-order valence-corrected chi connectivity index (χ1v) is 6.68. The molecule has 0 unspecified atom stereocenters. The molecule has 1 aromatic carbocycles. The highest BCUT2D eigenvalue weighted by Gasteiger charge is 2.18. The topological polar surface area (TPSA) is 115 Å². The molecule has 1 aromatic heterocycles. The SMILES string of the molecule is N=C(N)c1ccnc(Oc2cccc([N+](=O)[O-])c2Br)c1Cl. The van der Waals surface area contributed by atoms with E-state index < -0.39 is 4.92 Å². The fourth-order valence-corrected chi connectivity index (χ4v) is 2.27. The number of nitro benzene ring substituents is 1. The number of hydrogen-bond donors (Lipinski definition) is 2. The van der Waals surface area contributed by atoms with E-state index in [1.54, 1.807) is 0 Å². The lowest BCUT2D eigenvalue weighted by Gasteiger charge is -2.10. The molecule has 0 fully saturated rings. The Balaban J connectivity index is 2.44. The highest BCUT2D eigenvalue weighted by atomic mass is 79.9. The third-order valence-electron chi connectivity index (χ3n) is 2.49. The normalized spacial score (nSPS) is 10.2. The molecule has 0 spiro atoms. The number of nitro groups is 1. The van der Waals surface area contributed by atoms with Crippen LogP contribution in [0.5, 0.6) is 11.6 Å². The van der Waals surface area contributed by atoms with Gasteiger partial charge in [-0.2, -0.15) is 0 Å². The Kier molecular flexibility index (Phi) is 4.39. The van der Waals surface area contributed by atoms with Gasteiger partial charge in [-0.3, -0.25) is 15.5 Å². The maximum absolute atomic E-state index is 10.9. The van der Waals surface area contributed by atoms with E-state index in [1.807, 2.05) is 0 Å². The Morgan fingerprint density at radius 2 is 2.19 bits per heavy atom. The average Bonchev–Trinajstić information content (AvgIpc) is 2.42. The summed E-state index contributed by atoms with van der Waals surface area (Å²) in [5.41, 5.74) is 5.51.